The fourth-order valence-electron chi connectivity index (χ4n) is 2.25. The summed E-state index contributed by atoms with van der Waals surface area (Å²) >= 11 is 0. The minimum atomic E-state index is 0.572. The Balaban J connectivity index is 2.29. The van der Waals surface area contributed by atoms with E-state index in [2.05, 4.69) is 16.3 Å². The lowest BCUT2D eigenvalue weighted by atomic mass is 10.1. The second-order valence-corrected chi connectivity index (χ2v) is 4.49. The number of rotatable bonds is 1. The molecule has 5 heteroatoms. The van der Waals surface area contributed by atoms with Crippen LogP contribution >= 0.6 is 0 Å². The zero-order valence-corrected chi connectivity index (χ0v) is 10.9. The number of hydrogen-bond acceptors (Lipinski definition) is 4. The standard InChI is InChI=1S/C14H12N4O/c1-8-9(2)19-10(3)13(8)14-17-16-12-6-11(7-15)4-5-18(12)14/h4-6H,1-3H3. The van der Waals surface area contributed by atoms with Gasteiger partial charge in [-0.25, -0.2) is 0 Å². The Morgan fingerprint density at radius 2 is 2.00 bits per heavy atom. The number of nitriles is 1. The molecule has 3 aromatic rings. The van der Waals surface area contributed by atoms with Crippen LogP contribution in [0.3, 0.4) is 0 Å². The van der Waals surface area contributed by atoms with Gasteiger partial charge in [0.1, 0.15) is 11.5 Å². The van der Waals surface area contributed by atoms with E-state index in [1.807, 2.05) is 31.4 Å². The molecule has 0 saturated carbocycles. The van der Waals surface area contributed by atoms with Crippen LogP contribution in [0.2, 0.25) is 0 Å². The third-order valence-electron chi connectivity index (χ3n) is 3.32. The van der Waals surface area contributed by atoms with Gasteiger partial charge in [0.15, 0.2) is 11.5 Å². The van der Waals surface area contributed by atoms with E-state index in [1.165, 1.54) is 0 Å². The first-order chi connectivity index (χ1) is 9.11. The second kappa shape index (κ2) is 3.95. The van der Waals surface area contributed by atoms with Crippen LogP contribution < -0.4 is 0 Å². The van der Waals surface area contributed by atoms with Crippen LogP contribution in [-0.4, -0.2) is 14.6 Å². The molecule has 0 aliphatic carbocycles. The van der Waals surface area contributed by atoms with E-state index in [4.69, 9.17) is 9.68 Å². The van der Waals surface area contributed by atoms with Gasteiger partial charge >= 0.3 is 0 Å². The first-order valence-corrected chi connectivity index (χ1v) is 5.93. The van der Waals surface area contributed by atoms with Crippen molar-refractivity contribution >= 4 is 5.65 Å². The van der Waals surface area contributed by atoms with Gasteiger partial charge < -0.3 is 4.42 Å². The van der Waals surface area contributed by atoms with Crippen LogP contribution in [0.4, 0.5) is 0 Å². The molecular formula is C14H12N4O. The summed E-state index contributed by atoms with van der Waals surface area (Å²) in [6.45, 7) is 5.86. The Morgan fingerprint density at radius 3 is 2.63 bits per heavy atom. The van der Waals surface area contributed by atoms with Crippen molar-refractivity contribution in [3.05, 3.63) is 41.0 Å². The molecule has 0 N–H and O–H groups in total. The average Bonchev–Trinajstić information content (AvgIpc) is 2.91. The minimum Gasteiger partial charge on any atom is -0.466 e. The van der Waals surface area contributed by atoms with Crippen molar-refractivity contribution in [1.82, 2.24) is 14.6 Å². The fourth-order valence-corrected chi connectivity index (χ4v) is 2.25. The summed E-state index contributed by atoms with van der Waals surface area (Å²) in [5.41, 5.74) is 3.26. The molecule has 19 heavy (non-hydrogen) atoms. The number of hydrogen-bond donors (Lipinski definition) is 0. The zero-order valence-electron chi connectivity index (χ0n) is 10.9. The molecular weight excluding hydrogens is 240 g/mol. The summed E-state index contributed by atoms with van der Waals surface area (Å²) in [5.74, 6) is 2.46. The van der Waals surface area contributed by atoms with Crippen molar-refractivity contribution in [3.8, 4) is 17.5 Å². The van der Waals surface area contributed by atoms with E-state index in [0.29, 0.717) is 11.2 Å². The van der Waals surface area contributed by atoms with E-state index < -0.39 is 0 Å². The normalized spacial score (nSPS) is 10.8. The minimum absolute atomic E-state index is 0.572. The molecule has 0 radical (unpaired) electrons. The van der Waals surface area contributed by atoms with E-state index in [1.54, 1.807) is 12.1 Å². The molecule has 0 spiro atoms. The van der Waals surface area contributed by atoms with Gasteiger partial charge in [0, 0.05) is 17.8 Å². The van der Waals surface area contributed by atoms with Gasteiger partial charge in [-0.2, -0.15) is 5.26 Å². The van der Waals surface area contributed by atoms with Gasteiger partial charge in [0.25, 0.3) is 0 Å². The van der Waals surface area contributed by atoms with Crippen LogP contribution in [0.5, 0.6) is 0 Å². The second-order valence-electron chi connectivity index (χ2n) is 4.49. The van der Waals surface area contributed by atoms with Gasteiger partial charge in [0.2, 0.25) is 0 Å². The Labute approximate surface area is 110 Å². The summed E-state index contributed by atoms with van der Waals surface area (Å²) in [4.78, 5) is 0. The Morgan fingerprint density at radius 1 is 1.21 bits per heavy atom. The van der Waals surface area contributed by atoms with Gasteiger partial charge in [-0.05, 0) is 26.8 Å². The first-order valence-electron chi connectivity index (χ1n) is 5.93. The van der Waals surface area contributed by atoms with Crippen LogP contribution in [0.15, 0.2) is 22.7 Å². The smallest absolute Gasteiger partial charge is 0.172 e. The number of aromatic nitrogens is 3. The zero-order chi connectivity index (χ0) is 13.6. The van der Waals surface area contributed by atoms with Crippen molar-refractivity contribution in [3.63, 3.8) is 0 Å². The summed E-state index contributed by atoms with van der Waals surface area (Å²) in [6.07, 6.45) is 1.81. The maximum absolute atomic E-state index is 8.89. The van der Waals surface area contributed by atoms with E-state index in [-0.39, 0.29) is 0 Å². The third kappa shape index (κ3) is 1.61. The van der Waals surface area contributed by atoms with Crippen LogP contribution in [0.1, 0.15) is 22.6 Å². The lowest BCUT2D eigenvalue weighted by molar-refractivity contribution is 0.503. The molecule has 5 nitrogen and oxygen atoms in total. The van der Waals surface area contributed by atoms with Crippen LogP contribution in [-0.2, 0) is 0 Å². The molecule has 3 aromatic heterocycles. The maximum Gasteiger partial charge on any atom is 0.172 e. The quantitative estimate of drug-likeness (QED) is 0.667. The van der Waals surface area contributed by atoms with Crippen molar-refractivity contribution in [2.45, 2.75) is 20.8 Å². The molecule has 0 unspecified atom stereocenters. The molecule has 0 fully saturated rings. The highest BCUT2D eigenvalue weighted by Gasteiger charge is 2.18. The number of aryl methyl sites for hydroxylation is 2. The third-order valence-corrected chi connectivity index (χ3v) is 3.32. The van der Waals surface area contributed by atoms with E-state index in [0.717, 1.165) is 28.5 Å². The highest BCUT2D eigenvalue weighted by molar-refractivity contribution is 5.66. The number of pyridine rings is 1. The SMILES string of the molecule is Cc1oc(C)c(-c2nnc3cc(C#N)ccn23)c1C. The number of fused-ring (bicyclic) bond motifs is 1. The average molecular weight is 252 g/mol. The highest BCUT2D eigenvalue weighted by atomic mass is 16.3. The molecule has 3 rings (SSSR count). The summed E-state index contributed by atoms with van der Waals surface area (Å²) < 4.78 is 7.50. The molecule has 0 bridgehead atoms. The molecule has 0 atom stereocenters. The van der Waals surface area contributed by atoms with Gasteiger partial charge in [-0.15, -0.1) is 10.2 Å². The lowest BCUT2D eigenvalue weighted by Crippen LogP contribution is -1.91. The fraction of sp³-hybridized carbons (Fsp3) is 0.214. The summed E-state index contributed by atoms with van der Waals surface area (Å²) in [5, 5.41) is 17.2. The lowest BCUT2D eigenvalue weighted by Gasteiger charge is -2.00. The molecule has 0 aromatic carbocycles. The molecule has 0 amide bonds. The molecule has 0 aliphatic rings. The van der Waals surface area contributed by atoms with Gasteiger partial charge in [-0.3, -0.25) is 4.40 Å². The monoisotopic (exact) mass is 252 g/mol. The van der Waals surface area contributed by atoms with Crippen molar-refractivity contribution in [2.75, 3.05) is 0 Å². The van der Waals surface area contributed by atoms with Crippen LogP contribution in [0.25, 0.3) is 17.0 Å². The highest BCUT2D eigenvalue weighted by Crippen LogP contribution is 2.30. The van der Waals surface area contributed by atoms with Gasteiger partial charge in [0.05, 0.1) is 17.2 Å². The maximum atomic E-state index is 8.89. The van der Waals surface area contributed by atoms with E-state index >= 15 is 0 Å². The largest absolute Gasteiger partial charge is 0.466 e. The Kier molecular flexibility index (Phi) is 2.39. The predicted octanol–water partition coefficient (Wildman–Crippen LogP) is 2.79. The first kappa shape index (κ1) is 11.5. The van der Waals surface area contributed by atoms with Crippen LogP contribution in [0, 0.1) is 32.1 Å². The molecule has 3 heterocycles. The topological polar surface area (TPSA) is 67.1 Å². The Hall–Kier alpha value is -2.61. The summed E-state index contributed by atoms with van der Waals surface area (Å²) in [7, 11) is 0. The van der Waals surface area contributed by atoms with Crippen molar-refractivity contribution in [2.24, 2.45) is 0 Å². The Bertz CT molecular complexity index is 820. The van der Waals surface area contributed by atoms with E-state index in [9.17, 15) is 0 Å². The molecule has 0 saturated heterocycles. The van der Waals surface area contributed by atoms with Crippen molar-refractivity contribution < 1.29 is 4.42 Å². The summed E-state index contributed by atoms with van der Waals surface area (Å²) in [6, 6.07) is 5.56. The molecule has 0 aliphatic heterocycles. The molecule has 94 valence electrons. The predicted molar refractivity (Wildman–Crippen MR) is 69.6 cm³/mol. The van der Waals surface area contributed by atoms with Crippen molar-refractivity contribution in [1.29, 1.82) is 5.26 Å². The van der Waals surface area contributed by atoms with Gasteiger partial charge in [-0.1, -0.05) is 0 Å². The number of furan rings is 1. The number of nitrogens with zero attached hydrogens (tertiary/aromatic N) is 4.